The monoisotopic (exact) mass is 341 g/mol. The predicted octanol–water partition coefficient (Wildman–Crippen LogP) is 2.91. The van der Waals surface area contributed by atoms with Crippen molar-refractivity contribution in [3.63, 3.8) is 0 Å². The summed E-state index contributed by atoms with van der Waals surface area (Å²) in [6, 6.07) is 0.595. The van der Waals surface area contributed by atoms with E-state index in [1.54, 1.807) is 4.90 Å². The molecule has 0 saturated carbocycles. The Morgan fingerprint density at radius 3 is 2.83 bits per heavy atom. The lowest BCUT2D eigenvalue weighted by atomic mass is 10.1. The number of nitrogens with zero attached hydrogens (tertiary/aromatic N) is 2. The fraction of sp³-hybridized carbons (Fsp3) is 0.438. The Kier molecular flexibility index (Phi) is 5.26. The molecule has 5 nitrogen and oxygen atoms in total. The third kappa shape index (κ3) is 4.12. The summed E-state index contributed by atoms with van der Waals surface area (Å²) >= 11 is 0. The van der Waals surface area contributed by atoms with Gasteiger partial charge in [0.1, 0.15) is 0 Å². The first-order valence-electron chi connectivity index (χ1n) is 7.49. The number of hydrogen-bond donors (Lipinski definition) is 1. The highest BCUT2D eigenvalue weighted by Crippen LogP contribution is 2.32. The maximum Gasteiger partial charge on any atom is 0.418 e. The molecule has 1 aromatic rings. The number of amides is 2. The van der Waals surface area contributed by atoms with Crippen LogP contribution in [0.15, 0.2) is 24.9 Å². The molecule has 2 amide bonds. The Hall–Kier alpha value is -2.38. The van der Waals surface area contributed by atoms with Crippen LogP contribution in [0.25, 0.3) is 0 Å². The smallest absolute Gasteiger partial charge is 0.336 e. The molecule has 1 N–H and O–H groups in total. The molecule has 8 heteroatoms. The highest BCUT2D eigenvalue weighted by Gasteiger charge is 2.34. The molecule has 130 valence electrons. The Bertz CT molecular complexity index is 658. The largest absolute Gasteiger partial charge is 0.418 e. The first-order valence-corrected chi connectivity index (χ1v) is 7.49. The van der Waals surface area contributed by atoms with Crippen LogP contribution in [0.2, 0.25) is 0 Å². The van der Waals surface area contributed by atoms with E-state index in [0.717, 1.165) is 12.5 Å². The fourth-order valence-electron chi connectivity index (χ4n) is 2.77. The van der Waals surface area contributed by atoms with E-state index in [4.69, 9.17) is 0 Å². The number of hydrogen-bond acceptors (Lipinski definition) is 3. The number of halogens is 3. The van der Waals surface area contributed by atoms with Crippen molar-refractivity contribution in [2.24, 2.45) is 0 Å². The second kappa shape index (κ2) is 7.02. The van der Waals surface area contributed by atoms with Crippen LogP contribution < -0.4 is 5.32 Å². The summed E-state index contributed by atoms with van der Waals surface area (Å²) in [6.45, 7) is 5.23. The Morgan fingerprint density at radius 2 is 2.21 bits per heavy atom. The summed E-state index contributed by atoms with van der Waals surface area (Å²) in [5, 5.41) is 2.42. The lowest BCUT2D eigenvalue weighted by Gasteiger charge is -2.23. The molecule has 1 saturated heterocycles. The highest BCUT2D eigenvalue weighted by atomic mass is 19.4. The molecule has 1 aliphatic heterocycles. The number of nitrogens with one attached hydrogen (secondary N) is 1. The standard InChI is InChI=1S/C16H18F3N3O2/c1-3-15(24)22-6-4-5-12(22)8-14(23)21-11-7-13(16(17,18)19)10(2)20-9-11/h3,7,9,12H,1,4-6,8H2,2H3,(H,21,23)/t12-/m1/s1. The van der Waals surface area contributed by atoms with Crippen molar-refractivity contribution in [1.82, 2.24) is 9.88 Å². The molecule has 0 unspecified atom stereocenters. The van der Waals surface area contributed by atoms with Crippen LogP contribution in [0, 0.1) is 6.92 Å². The SMILES string of the molecule is C=CC(=O)N1CCC[C@@H]1CC(=O)Nc1cnc(C)c(C(F)(F)F)c1. The van der Waals surface area contributed by atoms with E-state index in [0.29, 0.717) is 13.0 Å². The zero-order valence-corrected chi connectivity index (χ0v) is 13.2. The molecule has 1 aromatic heterocycles. The fourth-order valence-corrected chi connectivity index (χ4v) is 2.77. The number of carbonyl (C=O) groups is 2. The van der Waals surface area contributed by atoms with E-state index in [9.17, 15) is 22.8 Å². The molecular weight excluding hydrogens is 323 g/mol. The molecule has 0 spiro atoms. The van der Waals surface area contributed by atoms with Crippen LogP contribution in [0.3, 0.4) is 0 Å². The van der Waals surface area contributed by atoms with Gasteiger partial charge in [0.2, 0.25) is 11.8 Å². The number of anilines is 1. The number of rotatable bonds is 4. The van der Waals surface area contributed by atoms with Crippen LogP contribution in [0.1, 0.15) is 30.5 Å². The summed E-state index contributed by atoms with van der Waals surface area (Å²) in [6.07, 6.45) is -0.681. The van der Waals surface area contributed by atoms with Crippen molar-refractivity contribution in [3.8, 4) is 0 Å². The quantitative estimate of drug-likeness (QED) is 0.857. The zero-order chi connectivity index (χ0) is 17.9. The topological polar surface area (TPSA) is 62.3 Å². The van der Waals surface area contributed by atoms with Crippen molar-refractivity contribution in [2.75, 3.05) is 11.9 Å². The normalized spacial score (nSPS) is 17.7. The molecule has 2 rings (SSSR count). The number of carbonyl (C=O) groups excluding carboxylic acids is 2. The number of pyridine rings is 1. The molecule has 0 bridgehead atoms. The van der Waals surface area contributed by atoms with Crippen molar-refractivity contribution >= 4 is 17.5 Å². The molecule has 1 atom stereocenters. The van der Waals surface area contributed by atoms with Crippen LogP contribution in [-0.2, 0) is 15.8 Å². The minimum absolute atomic E-state index is 0.0162. The van der Waals surface area contributed by atoms with Gasteiger partial charge in [-0.3, -0.25) is 14.6 Å². The average Bonchev–Trinajstić information content (AvgIpc) is 2.95. The van der Waals surface area contributed by atoms with Crippen molar-refractivity contribution in [1.29, 1.82) is 0 Å². The lowest BCUT2D eigenvalue weighted by Crippen LogP contribution is -2.36. The molecule has 0 aromatic carbocycles. The third-order valence-electron chi connectivity index (χ3n) is 3.93. The van der Waals surface area contributed by atoms with Crippen LogP contribution in [0.5, 0.6) is 0 Å². The number of alkyl halides is 3. The van der Waals surface area contributed by atoms with Crippen LogP contribution >= 0.6 is 0 Å². The van der Waals surface area contributed by atoms with Gasteiger partial charge in [0.25, 0.3) is 0 Å². The van der Waals surface area contributed by atoms with E-state index in [-0.39, 0.29) is 29.8 Å². The van der Waals surface area contributed by atoms with E-state index in [1.165, 1.54) is 19.2 Å². The van der Waals surface area contributed by atoms with Gasteiger partial charge in [-0.15, -0.1) is 0 Å². The van der Waals surface area contributed by atoms with Gasteiger partial charge in [0, 0.05) is 24.7 Å². The predicted molar refractivity (Wildman–Crippen MR) is 82.2 cm³/mol. The van der Waals surface area contributed by atoms with Gasteiger partial charge in [-0.25, -0.2) is 0 Å². The van der Waals surface area contributed by atoms with Gasteiger partial charge < -0.3 is 10.2 Å². The lowest BCUT2D eigenvalue weighted by molar-refractivity contribution is -0.138. The number of likely N-dealkylation sites (tertiary alicyclic amines) is 1. The summed E-state index contributed by atoms with van der Waals surface area (Å²) in [7, 11) is 0. The second-order valence-corrected chi connectivity index (χ2v) is 5.64. The van der Waals surface area contributed by atoms with Gasteiger partial charge in [0.05, 0.1) is 17.4 Å². The van der Waals surface area contributed by atoms with Crippen molar-refractivity contribution in [2.45, 2.75) is 38.4 Å². The first kappa shape index (κ1) is 18.0. The van der Waals surface area contributed by atoms with Crippen molar-refractivity contribution < 1.29 is 22.8 Å². The summed E-state index contributed by atoms with van der Waals surface area (Å²) < 4.78 is 38.6. The van der Waals surface area contributed by atoms with Gasteiger partial charge in [-0.1, -0.05) is 6.58 Å². The van der Waals surface area contributed by atoms with E-state index >= 15 is 0 Å². The van der Waals surface area contributed by atoms with Crippen LogP contribution in [-0.4, -0.2) is 34.3 Å². The molecule has 2 heterocycles. The number of aryl methyl sites for hydroxylation is 1. The average molecular weight is 341 g/mol. The summed E-state index contributed by atoms with van der Waals surface area (Å²) in [4.78, 5) is 29.0. The van der Waals surface area contributed by atoms with Crippen LogP contribution in [0.4, 0.5) is 18.9 Å². The Morgan fingerprint density at radius 1 is 1.50 bits per heavy atom. The highest BCUT2D eigenvalue weighted by molar-refractivity contribution is 5.92. The molecule has 24 heavy (non-hydrogen) atoms. The summed E-state index contributed by atoms with van der Waals surface area (Å²) in [5.41, 5.74) is -1.05. The number of aromatic nitrogens is 1. The summed E-state index contributed by atoms with van der Waals surface area (Å²) in [5.74, 6) is -0.704. The second-order valence-electron chi connectivity index (χ2n) is 5.64. The third-order valence-corrected chi connectivity index (χ3v) is 3.93. The van der Waals surface area contributed by atoms with Gasteiger partial charge in [-0.2, -0.15) is 13.2 Å². The minimum atomic E-state index is -4.53. The molecular formula is C16H18F3N3O2. The molecule has 1 aliphatic rings. The Balaban J connectivity index is 2.05. The van der Waals surface area contributed by atoms with Gasteiger partial charge in [0.15, 0.2) is 0 Å². The van der Waals surface area contributed by atoms with E-state index < -0.39 is 17.6 Å². The van der Waals surface area contributed by atoms with Crippen molar-refractivity contribution in [3.05, 3.63) is 36.2 Å². The van der Waals surface area contributed by atoms with Gasteiger partial charge >= 0.3 is 6.18 Å². The molecule has 0 aliphatic carbocycles. The van der Waals surface area contributed by atoms with E-state index in [1.807, 2.05) is 0 Å². The molecule has 1 fully saturated rings. The molecule has 0 radical (unpaired) electrons. The zero-order valence-electron chi connectivity index (χ0n) is 13.2. The van der Waals surface area contributed by atoms with E-state index in [2.05, 4.69) is 16.9 Å². The maximum atomic E-state index is 12.9. The first-order chi connectivity index (χ1) is 11.2. The Labute approximate surface area is 137 Å². The van der Waals surface area contributed by atoms with Gasteiger partial charge in [-0.05, 0) is 31.9 Å². The minimum Gasteiger partial charge on any atom is -0.336 e. The maximum absolute atomic E-state index is 12.9.